The van der Waals surface area contributed by atoms with Crippen molar-refractivity contribution in [1.82, 2.24) is 0 Å². The van der Waals surface area contributed by atoms with E-state index < -0.39 is 46.5 Å². The second kappa shape index (κ2) is 7.10. The van der Waals surface area contributed by atoms with Gasteiger partial charge in [0.05, 0.1) is 0 Å². The Hall–Kier alpha value is -0.0526. The van der Waals surface area contributed by atoms with Crippen molar-refractivity contribution in [3.05, 3.63) is 0 Å². The molecule has 3 nitrogen and oxygen atoms in total. The molecular formula is C6H7F8LiO3S. The van der Waals surface area contributed by atoms with Crippen LogP contribution in [0.4, 0.5) is 35.1 Å². The normalized spacial score (nSPS) is 19.5. The quantitative estimate of drug-likeness (QED) is 0.396. The van der Waals surface area contributed by atoms with E-state index in [0.29, 0.717) is 0 Å². The summed E-state index contributed by atoms with van der Waals surface area (Å²) in [5, 5.41) is 0. The van der Waals surface area contributed by atoms with Crippen molar-refractivity contribution in [2.45, 2.75) is 36.4 Å². The number of alkyl halides is 8. The van der Waals surface area contributed by atoms with Crippen molar-refractivity contribution in [2.24, 2.45) is 0 Å². The molecule has 0 aromatic rings. The number of hydrogen-bond acceptors (Lipinski definition) is 2. The minimum atomic E-state index is -6.12. The molecule has 0 rings (SSSR count). The third kappa shape index (κ3) is 5.09. The topological polar surface area (TPSA) is 54.4 Å². The summed E-state index contributed by atoms with van der Waals surface area (Å²) in [6.07, 6.45) is -16.9. The summed E-state index contributed by atoms with van der Waals surface area (Å²) in [6.45, 7) is 0. The van der Waals surface area contributed by atoms with Gasteiger partial charge in [0, 0.05) is 0 Å². The van der Waals surface area contributed by atoms with Crippen LogP contribution in [0.1, 0.15) is 1.43 Å². The van der Waals surface area contributed by atoms with Gasteiger partial charge < -0.3 is 1.43 Å². The van der Waals surface area contributed by atoms with Crippen LogP contribution in [0.3, 0.4) is 0 Å². The van der Waals surface area contributed by atoms with Crippen LogP contribution in [-0.2, 0) is 10.1 Å². The molecule has 1 N–H and O–H groups in total. The molecule has 0 saturated heterocycles. The molecule has 0 saturated carbocycles. The zero-order chi connectivity index (χ0) is 14.9. The standard InChI is InChI=1S/C6H6F8O3S.Li.H/c7-1(2(8)4(10)11)3(9)6(13,14)5(12)18(15,16)17;;/h1-5H,(H,15,16,17);;/q;+1;-1. The Morgan fingerprint density at radius 2 is 1.32 bits per heavy atom. The van der Waals surface area contributed by atoms with E-state index in [1.54, 1.807) is 0 Å². The van der Waals surface area contributed by atoms with Gasteiger partial charge in [-0.2, -0.15) is 17.2 Å². The fourth-order valence-corrected chi connectivity index (χ4v) is 1.36. The van der Waals surface area contributed by atoms with Crippen molar-refractivity contribution in [1.29, 1.82) is 0 Å². The molecule has 13 heteroatoms. The molecule has 112 valence electrons. The maximum absolute atomic E-state index is 12.7. The minimum absolute atomic E-state index is 0. The predicted octanol–water partition coefficient (Wildman–Crippen LogP) is -0.799. The van der Waals surface area contributed by atoms with Crippen LogP contribution in [0.25, 0.3) is 0 Å². The van der Waals surface area contributed by atoms with Crippen molar-refractivity contribution < 1.29 is 68.4 Å². The van der Waals surface area contributed by atoms with Gasteiger partial charge in [0.2, 0.25) is 6.17 Å². The van der Waals surface area contributed by atoms with Crippen LogP contribution in [0, 0.1) is 0 Å². The number of rotatable bonds is 6. The Bertz CT molecular complexity index is 382. The first-order valence-corrected chi connectivity index (χ1v) is 5.52. The second-order valence-corrected chi connectivity index (χ2v) is 4.57. The molecule has 0 fully saturated rings. The number of hydrogen-bond donors (Lipinski definition) is 1. The first-order valence-electron chi connectivity index (χ1n) is 4.02. The van der Waals surface area contributed by atoms with E-state index in [2.05, 4.69) is 0 Å². The summed E-state index contributed by atoms with van der Waals surface area (Å²) >= 11 is 0. The summed E-state index contributed by atoms with van der Waals surface area (Å²) in [7, 11) is -6.12. The summed E-state index contributed by atoms with van der Waals surface area (Å²) in [4.78, 5) is 0. The molecule has 0 aliphatic heterocycles. The zero-order valence-corrected chi connectivity index (χ0v) is 9.90. The third-order valence-electron chi connectivity index (χ3n) is 1.76. The van der Waals surface area contributed by atoms with Crippen molar-refractivity contribution in [3.8, 4) is 0 Å². The molecule has 0 amide bonds. The Balaban J connectivity index is -0.00000144. The van der Waals surface area contributed by atoms with Gasteiger partial charge in [0.15, 0.2) is 12.3 Å². The van der Waals surface area contributed by atoms with Crippen LogP contribution in [-0.4, -0.2) is 49.3 Å². The molecule has 4 atom stereocenters. The Morgan fingerprint density at radius 3 is 1.58 bits per heavy atom. The molecule has 0 spiro atoms. The summed E-state index contributed by atoms with van der Waals surface area (Å²) in [5.41, 5.74) is -4.61. The van der Waals surface area contributed by atoms with Crippen LogP contribution in [0.2, 0.25) is 0 Å². The first-order chi connectivity index (χ1) is 7.83. The van der Waals surface area contributed by atoms with Gasteiger partial charge in [-0.05, 0) is 0 Å². The van der Waals surface area contributed by atoms with Gasteiger partial charge in [-0.3, -0.25) is 4.55 Å². The van der Waals surface area contributed by atoms with Gasteiger partial charge in [0.25, 0.3) is 11.9 Å². The van der Waals surface area contributed by atoms with Gasteiger partial charge >= 0.3 is 34.9 Å². The molecule has 0 aromatic carbocycles. The Morgan fingerprint density at radius 1 is 0.947 bits per heavy atom. The smallest absolute Gasteiger partial charge is 1.00 e. The summed E-state index contributed by atoms with van der Waals surface area (Å²) < 4.78 is 126. The van der Waals surface area contributed by atoms with E-state index in [9.17, 15) is 43.5 Å². The van der Waals surface area contributed by atoms with Crippen LogP contribution in [0.5, 0.6) is 0 Å². The minimum Gasteiger partial charge on any atom is -1.00 e. The third-order valence-corrected chi connectivity index (χ3v) is 2.59. The van der Waals surface area contributed by atoms with E-state index in [-0.39, 0.29) is 20.3 Å². The molecule has 0 bridgehead atoms. The molecule has 0 radical (unpaired) electrons. The molecule has 0 heterocycles. The van der Waals surface area contributed by atoms with E-state index in [4.69, 9.17) is 4.55 Å². The van der Waals surface area contributed by atoms with Gasteiger partial charge in [-0.25, -0.2) is 26.3 Å². The summed E-state index contributed by atoms with van der Waals surface area (Å²) in [6, 6.07) is 0. The fraction of sp³-hybridized carbons (Fsp3) is 1.00. The van der Waals surface area contributed by atoms with Gasteiger partial charge in [0.1, 0.15) is 0 Å². The Kier molecular flexibility index (Phi) is 7.94. The van der Waals surface area contributed by atoms with Crippen molar-refractivity contribution in [2.75, 3.05) is 0 Å². The predicted molar refractivity (Wildman–Crippen MR) is 43.2 cm³/mol. The van der Waals surface area contributed by atoms with Gasteiger partial charge in [-0.15, -0.1) is 0 Å². The maximum Gasteiger partial charge on any atom is 1.00 e. The first kappa shape index (κ1) is 21.2. The zero-order valence-electron chi connectivity index (χ0n) is 10.1. The van der Waals surface area contributed by atoms with Crippen LogP contribution >= 0.6 is 0 Å². The average Bonchev–Trinajstić information content (AvgIpc) is 2.23. The molecule has 0 aliphatic carbocycles. The molecular weight excluding hydrogens is 311 g/mol. The average molecular weight is 318 g/mol. The van der Waals surface area contributed by atoms with E-state index in [1.165, 1.54) is 0 Å². The molecule has 0 aromatic heterocycles. The largest absolute Gasteiger partial charge is 1.00 e. The van der Waals surface area contributed by atoms with E-state index in [0.717, 1.165) is 0 Å². The van der Waals surface area contributed by atoms with Crippen LogP contribution in [0.15, 0.2) is 0 Å². The van der Waals surface area contributed by atoms with Crippen molar-refractivity contribution >= 4 is 10.1 Å². The van der Waals surface area contributed by atoms with E-state index >= 15 is 0 Å². The fourth-order valence-electron chi connectivity index (χ4n) is 0.836. The maximum atomic E-state index is 12.7. The molecule has 4 unspecified atom stereocenters. The van der Waals surface area contributed by atoms with E-state index in [1.807, 2.05) is 0 Å². The summed E-state index contributed by atoms with van der Waals surface area (Å²) in [5.74, 6) is -5.73. The molecule has 19 heavy (non-hydrogen) atoms. The van der Waals surface area contributed by atoms with Crippen LogP contribution < -0.4 is 18.9 Å². The second-order valence-electron chi connectivity index (χ2n) is 3.13. The van der Waals surface area contributed by atoms with Gasteiger partial charge in [-0.1, -0.05) is 0 Å². The monoisotopic (exact) mass is 318 g/mol. The molecule has 0 aliphatic rings. The Labute approximate surface area is 115 Å². The van der Waals surface area contributed by atoms with Crippen molar-refractivity contribution in [3.63, 3.8) is 0 Å². The SMILES string of the molecule is O=S(=O)(O)C(F)C(F)(F)C(F)C(F)C(F)C(F)F.[H-].[Li+]. The number of halogens is 8.